The van der Waals surface area contributed by atoms with Gasteiger partial charge in [-0.1, -0.05) is 30.3 Å². The van der Waals surface area contributed by atoms with Gasteiger partial charge in [0, 0.05) is 19.5 Å². The van der Waals surface area contributed by atoms with E-state index in [9.17, 15) is 9.90 Å². The number of benzene rings is 2. The molecule has 0 aliphatic carbocycles. The standard InChI is InChI=1S/C20H23NO4.Na.H2O/c1-24-17-8-10-18(11-9-17)25-20(19(22)23)12-5-13-21(15-20)14-16-6-3-2-4-7-16;;/h2-4,6-11H,5,12-15H2,1H3,(H,22,23);;1H2/q;+1;/p-1. The van der Waals surface area contributed by atoms with E-state index >= 15 is 0 Å². The summed E-state index contributed by atoms with van der Waals surface area (Å²) in [7, 11) is 1.59. The fourth-order valence-corrected chi connectivity index (χ4v) is 3.26. The van der Waals surface area contributed by atoms with Gasteiger partial charge < -0.3 is 20.1 Å². The van der Waals surface area contributed by atoms with Crippen LogP contribution in [-0.4, -0.2) is 47.3 Å². The summed E-state index contributed by atoms with van der Waals surface area (Å²) in [5, 5.41) is 9.86. The monoisotopic (exact) mass is 381 g/mol. The number of carboxylic acid groups (broad SMARTS) is 1. The summed E-state index contributed by atoms with van der Waals surface area (Å²) >= 11 is 0. The molecule has 6 nitrogen and oxygen atoms in total. The number of nitrogens with zero attached hydrogens (tertiary/aromatic N) is 1. The minimum absolute atomic E-state index is 0. The number of methoxy groups -OCH3 is 1. The van der Waals surface area contributed by atoms with E-state index in [0.717, 1.165) is 19.5 Å². The van der Waals surface area contributed by atoms with Gasteiger partial charge in [-0.15, -0.1) is 0 Å². The van der Waals surface area contributed by atoms with Crippen molar-refractivity contribution in [2.24, 2.45) is 0 Å². The second kappa shape index (κ2) is 10.7. The predicted molar refractivity (Wildman–Crippen MR) is 96.9 cm³/mol. The van der Waals surface area contributed by atoms with Crippen LogP contribution in [0.5, 0.6) is 11.5 Å². The first-order valence-corrected chi connectivity index (χ1v) is 8.44. The van der Waals surface area contributed by atoms with Gasteiger partial charge in [0.2, 0.25) is 5.60 Å². The predicted octanol–water partition coefficient (Wildman–Crippen LogP) is 0.0206. The van der Waals surface area contributed by atoms with Crippen molar-refractivity contribution in [3.8, 4) is 11.5 Å². The quantitative estimate of drug-likeness (QED) is 0.710. The summed E-state index contributed by atoms with van der Waals surface area (Å²) in [4.78, 5) is 14.2. The maximum Gasteiger partial charge on any atom is 1.00 e. The molecule has 0 radical (unpaired) electrons. The molecule has 7 heteroatoms. The molecular formula is C20H24NNaO5. The molecular weight excluding hydrogens is 357 g/mol. The molecule has 1 fully saturated rings. The van der Waals surface area contributed by atoms with Crippen molar-refractivity contribution < 1.29 is 54.4 Å². The number of ether oxygens (including phenoxy) is 2. The summed E-state index contributed by atoms with van der Waals surface area (Å²) in [6, 6.07) is 17.1. The van der Waals surface area contributed by atoms with Crippen LogP contribution in [0.1, 0.15) is 18.4 Å². The molecule has 0 spiro atoms. The molecule has 0 saturated carbocycles. The average molecular weight is 381 g/mol. The number of aliphatic carboxylic acids is 1. The zero-order valence-corrected chi connectivity index (χ0v) is 17.8. The van der Waals surface area contributed by atoms with Crippen LogP contribution >= 0.6 is 0 Å². The van der Waals surface area contributed by atoms with E-state index in [1.54, 1.807) is 31.4 Å². The zero-order valence-electron chi connectivity index (χ0n) is 15.8. The van der Waals surface area contributed by atoms with Crippen molar-refractivity contribution in [1.82, 2.24) is 4.90 Å². The summed E-state index contributed by atoms with van der Waals surface area (Å²) in [6.07, 6.45) is 1.29. The SMILES string of the molecule is COc1ccc(OC2(C(=O)O)CCCN(Cc3ccccc3)C2)cc1.[Na+].[OH-]. The molecule has 0 amide bonds. The molecule has 0 bridgehead atoms. The van der Waals surface area contributed by atoms with Crippen LogP contribution in [0, 0.1) is 0 Å². The summed E-state index contributed by atoms with van der Waals surface area (Å²) in [5.41, 5.74) is -0.0464. The van der Waals surface area contributed by atoms with Crippen molar-refractivity contribution in [3.63, 3.8) is 0 Å². The number of rotatable bonds is 6. The molecule has 1 heterocycles. The minimum Gasteiger partial charge on any atom is -0.870 e. The number of carboxylic acids is 1. The van der Waals surface area contributed by atoms with Crippen LogP contribution in [0.25, 0.3) is 0 Å². The topological polar surface area (TPSA) is 89.0 Å². The van der Waals surface area contributed by atoms with E-state index in [1.165, 1.54) is 5.56 Å². The van der Waals surface area contributed by atoms with Crippen LogP contribution in [0.2, 0.25) is 0 Å². The van der Waals surface area contributed by atoms with Gasteiger partial charge in [0.15, 0.2) is 0 Å². The zero-order chi connectivity index (χ0) is 17.7. The van der Waals surface area contributed by atoms with Crippen LogP contribution in [0.15, 0.2) is 54.6 Å². The number of hydrogen-bond donors (Lipinski definition) is 1. The maximum absolute atomic E-state index is 12.0. The van der Waals surface area contributed by atoms with Crippen molar-refractivity contribution in [3.05, 3.63) is 60.2 Å². The molecule has 1 unspecified atom stereocenters. The fraction of sp³-hybridized carbons (Fsp3) is 0.350. The van der Waals surface area contributed by atoms with E-state index in [2.05, 4.69) is 17.0 Å². The Morgan fingerprint density at radius 3 is 2.33 bits per heavy atom. The Kier molecular flexibility index (Phi) is 9.29. The molecule has 1 aliphatic heterocycles. The Hall–Kier alpha value is -1.57. The second-order valence-corrected chi connectivity index (χ2v) is 6.38. The number of piperidine rings is 1. The van der Waals surface area contributed by atoms with E-state index in [0.29, 0.717) is 24.5 Å². The van der Waals surface area contributed by atoms with Gasteiger partial charge in [0.05, 0.1) is 7.11 Å². The van der Waals surface area contributed by atoms with Gasteiger partial charge in [0.1, 0.15) is 11.5 Å². The van der Waals surface area contributed by atoms with Crippen LogP contribution in [0.3, 0.4) is 0 Å². The maximum atomic E-state index is 12.0. The van der Waals surface area contributed by atoms with Gasteiger partial charge in [-0.2, -0.15) is 0 Å². The minimum atomic E-state index is -1.22. The molecule has 2 N–H and O–H groups in total. The van der Waals surface area contributed by atoms with Gasteiger partial charge in [0.25, 0.3) is 0 Å². The Labute approximate surface area is 181 Å². The van der Waals surface area contributed by atoms with Gasteiger partial charge in [-0.05, 0) is 42.8 Å². The third-order valence-corrected chi connectivity index (χ3v) is 4.55. The Morgan fingerprint density at radius 1 is 1.11 bits per heavy atom. The van der Waals surface area contributed by atoms with E-state index < -0.39 is 11.6 Å². The normalized spacial score (nSPS) is 19.3. The van der Waals surface area contributed by atoms with Gasteiger partial charge in [-0.25, -0.2) is 4.79 Å². The third kappa shape index (κ3) is 5.96. The first kappa shape index (κ1) is 23.5. The molecule has 3 rings (SSSR count). The third-order valence-electron chi connectivity index (χ3n) is 4.55. The number of likely N-dealkylation sites (tertiary alicyclic amines) is 1. The summed E-state index contributed by atoms with van der Waals surface area (Å²) in [6.45, 7) is 1.96. The van der Waals surface area contributed by atoms with Crippen molar-refractivity contribution in [2.75, 3.05) is 20.2 Å². The molecule has 1 atom stereocenters. The Bertz CT molecular complexity index is 710. The summed E-state index contributed by atoms with van der Waals surface area (Å²) < 4.78 is 11.1. The molecule has 1 aliphatic rings. The average Bonchev–Trinajstić information content (AvgIpc) is 2.63. The van der Waals surface area contributed by atoms with Crippen LogP contribution < -0.4 is 39.0 Å². The molecule has 2 aromatic rings. The first-order valence-electron chi connectivity index (χ1n) is 8.44. The van der Waals surface area contributed by atoms with Gasteiger partial charge in [-0.3, -0.25) is 4.90 Å². The molecule has 1 saturated heterocycles. The molecule has 0 aromatic heterocycles. The van der Waals surface area contributed by atoms with E-state index in [4.69, 9.17) is 9.47 Å². The van der Waals surface area contributed by atoms with E-state index in [1.807, 2.05) is 18.2 Å². The summed E-state index contributed by atoms with van der Waals surface area (Å²) in [5.74, 6) is 0.344. The number of hydrogen-bond acceptors (Lipinski definition) is 5. The number of carbonyl (C=O) groups is 1. The Morgan fingerprint density at radius 2 is 1.74 bits per heavy atom. The fourth-order valence-electron chi connectivity index (χ4n) is 3.26. The van der Waals surface area contributed by atoms with Gasteiger partial charge >= 0.3 is 35.5 Å². The van der Waals surface area contributed by atoms with Crippen molar-refractivity contribution >= 4 is 5.97 Å². The molecule has 2 aromatic carbocycles. The largest absolute Gasteiger partial charge is 1.00 e. The molecule has 140 valence electrons. The second-order valence-electron chi connectivity index (χ2n) is 6.38. The van der Waals surface area contributed by atoms with E-state index in [-0.39, 0.29) is 35.0 Å². The molecule has 27 heavy (non-hydrogen) atoms. The van der Waals surface area contributed by atoms with Crippen molar-refractivity contribution in [1.29, 1.82) is 0 Å². The van der Waals surface area contributed by atoms with Crippen LogP contribution in [-0.2, 0) is 11.3 Å². The van der Waals surface area contributed by atoms with Crippen LogP contribution in [0.4, 0.5) is 0 Å². The first-order chi connectivity index (χ1) is 12.1. The smallest absolute Gasteiger partial charge is 0.870 e. The van der Waals surface area contributed by atoms with Crippen molar-refractivity contribution in [2.45, 2.75) is 25.0 Å². The Balaban J connectivity index is 0.00000182.